The van der Waals surface area contributed by atoms with Gasteiger partial charge in [-0.05, 0) is 19.1 Å². The lowest BCUT2D eigenvalue weighted by molar-refractivity contribution is 0.583. The highest BCUT2D eigenvalue weighted by Crippen LogP contribution is 2.29. The minimum atomic E-state index is 0.459. The molecule has 2 N–H and O–H groups in total. The molecule has 0 aliphatic carbocycles. The third-order valence-electron chi connectivity index (χ3n) is 1.74. The molecule has 2 aromatic heterocycles. The van der Waals surface area contributed by atoms with Gasteiger partial charge < -0.3 is 10.2 Å². The van der Waals surface area contributed by atoms with Crippen molar-refractivity contribution < 1.29 is 4.42 Å². The predicted molar refractivity (Wildman–Crippen MR) is 52.4 cm³/mol. The molecule has 0 aliphatic heterocycles. The van der Waals surface area contributed by atoms with E-state index < -0.39 is 0 Å². The third-order valence-corrected chi connectivity index (χ3v) is 2.77. The Morgan fingerprint density at radius 3 is 3.08 bits per heavy atom. The first kappa shape index (κ1) is 8.47. The molecular weight excluding hydrogens is 184 g/mol. The van der Waals surface area contributed by atoms with Crippen LogP contribution in [0.2, 0.25) is 0 Å². The largest absolute Gasteiger partial charge is 0.463 e. The van der Waals surface area contributed by atoms with Crippen molar-refractivity contribution >= 4 is 11.3 Å². The summed E-state index contributed by atoms with van der Waals surface area (Å²) < 4.78 is 5.29. The second-order valence-corrected chi connectivity index (χ2v) is 3.89. The number of nitrogens with two attached hydrogens (primary N) is 1. The van der Waals surface area contributed by atoms with Crippen LogP contribution in [0.3, 0.4) is 0 Å². The van der Waals surface area contributed by atoms with Gasteiger partial charge in [-0.3, -0.25) is 0 Å². The molecule has 13 heavy (non-hydrogen) atoms. The molecule has 0 spiro atoms. The normalized spacial score (nSPS) is 10.6. The van der Waals surface area contributed by atoms with Crippen molar-refractivity contribution in [3.05, 3.63) is 29.1 Å². The third kappa shape index (κ3) is 1.50. The van der Waals surface area contributed by atoms with Crippen molar-refractivity contribution in [2.24, 2.45) is 5.73 Å². The average Bonchev–Trinajstić information content (AvgIpc) is 2.71. The lowest BCUT2D eigenvalue weighted by Gasteiger charge is -1.93. The molecule has 2 heterocycles. The SMILES string of the molecule is Cc1nc(CN)c(-c2ccco2)s1. The monoisotopic (exact) mass is 194 g/mol. The van der Waals surface area contributed by atoms with Crippen molar-refractivity contribution in [3.63, 3.8) is 0 Å². The summed E-state index contributed by atoms with van der Waals surface area (Å²) in [5.74, 6) is 0.853. The molecule has 0 fully saturated rings. The van der Waals surface area contributed by atoms with Crippen LogP contribution in [0, 0.1) is 6.92 Å². The fourth-order valence-electron chi connectivity index (χ4n) is 1.21. The topological polar surface area (TPSA) is 52.0 Å². The highest BCUT2D eigenvalue weighted by Gasteiger charge is 2.11. The molecule has 2 aromatic rings. The fraction of sp³-hybridized carbons (Fsp3) is 0.222. The fourth-order valence-corrected chi connectivity index (χ4v) is 2.12. The number of rotatable bonds is 2. The lowest BCUT2D eigenvalue weighted by Crippen LogP contribution is -1.97. The molecular formula is C9H10N2OS. The van der Waals surface area contributed by atoms with Crippen LogP contribution in [-0.4, -0.2) is 4.98 Å². The smallest absolute Gasteiger partial charge is 0.145 e. The zero-order valence-electron chi connectivity index (χ0n) is 7.28. The first-order valence-electron chi connectivity index (χ1n) is 4.01. The van der Waals surface area contributed by atoms with Gasteiger partial charge in [0.2, 0.25) is 0 Å². The minimum absolute atomic E-state index is 0.459. The molecule has 0 saturated carbocycles. The summed E-state index contributed by atoms with van der Waals surface area (Å²) in [6.07, 6.45) is 1.66. The van der Waals surface area contributed by atoms with Gasteiger partial charge in [0, 0.05) is 6.54 Å². The van der Waals surface area contributed by atoms with E-state index in [2.05, 4.69) is 4.98 Å². The van der Waals surface area contributed by atoms with Crippen LogP contribution in [-0.2, 0) is 6.54 Å². The van der Waals surface area contributed by atoms with Crippen LogP contribution in [0.1, 0.15) is 10.7 Å². The number of hydrogen-bond donors (Lipinski definition) is 1. The Balaban J connectivity index is 2.50. The van der Waals surface area contributed by atoms with Crippen molar-refractivity contribution in [1.82, 2.24) is 4.98 Å². The molecule has 0 amide bonds. The van der Waals surface area contributed by atoms with Gasteiger partial charge in [-0.15, -0.1) is 11.3 Å². The van der Waals surface area contributed by atoms with Gasteiger partial charge in [-0.25, -0.2) is 4.98 Å². The summed E-state index contributed by atoms with van der Waals surface area (Å²) >= 11 is 1.61. The van der Waals surface area contributed by atoms with Crippen LogP contribution in [0.4, 0.5) is 0 Å². The Labute approximate surface area is 80.2 Å². The van der Waals surface area contributed by atoms with Gasteiger partial charge >= 0.3 is 0 Å². The summed E-state index contributed by atoms with van der Waals surface area (Å²) in [5.41, 5.74) is 6.49. The van der Waals surface area contributed by atoms with E-state index in [0.29, 0.717) is 6.54 Å². The van der Waals surface area contributed by atoms with Crippen LogP contribution in [0.5, 0.6) is 0 Å². The predicted octanol–water partition coefficient (Wildman–Crippen LogP) is 2.17. The first-order valence-corrected chi connectivity index (χ1v) is 4.83. The van der Waals surface area contributed by atoms with Crippen molar-refractivity contribution in [2.45, 2.75) is 13.5 Å². The van der Waals surface area contributed by atoms with Crippen molar-refractivity contribution in [3.8, 4) is 10.6 Å². The van der Waals surface area contributed by atoms with E-state index >= 15 is 0 Å². The van der Waals surface area contributed by atoms with E-state index in [1.807, 2.05) is 19.1 Å². The van der Waals surface area contributed by atoms with Crippen LogP contribution >= 0.6 is 11.3 Å². The summed E-state index contributed by atoms with van der Waals surface area (Å²) in [7, 11) is 0. The number of thiazole rings is 1. The maximum atomic E-state index is 5.57. The number of furan rings is 1. The maximum absolute atomic E-state index is 5.57. The van der Waals surface area contributed by atoms with E-state index in [9.17, 15) is 0 Å². The summed E-state index contributed by atoms with van der Waals surface area (Å²) in [6, 6.07) is 3.79. The van der Waals surface area contributed by atoms with E-state index in [-0.39, 0.29) is 0 Å². The van der Waals surface area contributed by atoms with Gasteiger partial charge in [0.25, 0.3) is 0 Å². The molecule has 0 bridgehead atoms. The standard InChI is InChI=1S/C9H10N2OS/c1-6-11-7(5-10)9(13-6)8-3-2-4-12-8/h2-4H,5,10H2,1H3. The molecule has 4 heteroatoms. The molecule has 3 nitrogen and oxygen atoms in total. The highest BCUT2D eigenvalue weighted by molar-refractivity contribution is 7.15. The summed E-state index contributed by atoms with van der Waals surface area (Å²) in [6.45, 7) is 2.43. The van der Waals surface area contributed by atoms with Crippen LogP contribution in [0.15, 0.2) is 22.8 Å². The first-order chi connectivity index (χ1) is 6.31. The highest BCUT2D eigenvalue weighted by atomic mass is 32.1. The van der Waals surface area contributed by atoms with Crippen molar-refractivity contribution in [2.75, 3.05) is 0 Å². The summed E-state index contributed by atoms with van der Waals surface area (Å²) in [4.78, 5) is 5.36. The second-order valence-electron chi connectivity index (χ2n) is 2.69. The average molecular weight is 194 g/mol. The maximum Gasteiger partial charge on any atom is 0.145 e. The van der Waals surface area contributed by atoms with Gasteiger partial charge in [0.05, 0.1) is 21.8 Å². The van der Waals surface area contributed by atoms with E-state index in [1.165, 1.54) is 0 Å². The van der Waals surface area contributed by atoms with Gasteiger partial charge in [-0.1, -0.05) is 0 Å². The molecule has 0 saturated heterocycles. The number of hydrogen-bond acceptors (Lipinski definition) is 4. The molecule has 0 unspecified atom stereocenters. The van der Waals surface area contributed by atoms with Crippen LogP contribution in [0.25, 0.3) is 10.6 Å². The van der Waals surface area contributed by atoms with Gasteiger partial charge in [-0.2, -0.15) is 0 Å². The Kier molecular flexibility index (Phi) is 2.16. The number of aromatic nitrogens is 1. The Bertz CT molecular complexity index is 392. The quantitative estimate of drug-likeness (QED) is 0.797. The van der Waals surface area contributed by atoms with Crippen molar-refractivity contribution in [1.29, 1.82) is 0 Å². The van der Waals surface area contributed by atoms with Gasteiger partial charge in [0.15, 0.2) is 0 Å². The molecule has 68 valence electrons. The molecule has 0 aliphatic rings. The van der Waals surface area contributed by atoms with E-state index in [0.717, 1.165) is 21.3 Å². The molecule has 0 atom stereocenters. The Hall–Kier alpha value is -1.13. The zero-order valence-corrected chi connectivity index (χ0v) is 8.10. The second kappa shape index (κ2) is 3.32. The summed E-state index contributed by atoms with van der Waals surface area (Å²) in [5, 5.41) is 1.02. The molecule has 0 radical (unpaired) electrons. The van der Waals surface area contributed by atoms with Crippen LogP contribution < -0.4 is 5.73 Å². The molecule has 0 aromatic carbocycles. The molecule has 2 rings (SSSR count). The Morgan fingerprint density at radius 2 is 2.46 bits per heavy atom. The zero-order chi connectivity index (χ0) is 9.26. The van der Waals surface area contributed by atoms with E-state index in [1.54, 1.807) is 17.6 Å². The van der Waals surface area contributed by atoms with Gasteiger partial charge in [0.1, 0.15) is 5.76 Å². The Morgan fingerprint density at radius 1 is 1.62 bits per heavy atom. The minimum Gasteiger partial charge on any atom is -0.463 e. The lowest BCUT2D eigenvalue weighted by atomic mass is 10.3. The number of aryl methyl sites for hydroxylation is 1. The van der Waals surface area contributed by atoms with E-state index in [4.69, 9.17) is 10.2 Å². The number of nitrogens with zero attached hydrogens (tertiary/aromatic N) is 1.